The Kier molecular flexibility index (Phi) is 6.37. The molecule has 0 unspecified atom stereocenters. The summed E-state index contributed by atoms with van der Waals surface area (Å²) >= 11 is 1.48. The number of fused-ring (bicyclic) bond motifs is 1. The second-order valence-electron chi connectivity index (χ2n) is 7.23. The summed E-state index contributed by atoms with van der Waals surface area (Å²) in [6.45, 7) is 6.90. The van der Waals surface area contributed by atoms with Crippen molar-refractivity contribution in [2.75, 3.05) is 13.2 Å². The Morgan fingerprint density at radius 1 is 0.969 bits per heavy atom. The lowest BCUT2D eigenvalue weighted by Crippen LogP contribution is -2.24. The van der Waals surface area contributed by atoms with Gasteiger partial charge < -0.3 is 9.47 Å². The molecule has 0 fully saturated rings. The van der Waals surface area contributed by atoms with Crippen molar-refractivity contribution < 1.29 is 14.3 Å². The van der Waals surface area contributed by atoms with Gasteiger partial charge in [0.1, 0.15) is 16.3 Å². The van der Waals surface area contributed by atoms with Crippen LogP contribution in [0.4, 0.5) is 0 Å². The maximum absolute atomic E-state index is 13.3. The predicted octanol–water partition coefficient (Wildman–Crippen LogP) is 5.11. The molecule has 7 heteroatoms. The lowest BCUT2D eigenvalue weighted by molar-refractivity contribution is 0.0970. The molecule has 0 N–H and O–H groups in total. The molecule has 0 saturated carbocycles. The van der Waals surface area contributed by atoms with Crippen LogP contribution in [-0.4, -0.2) is 28.5 Å². The Balaban J connectivity index is 1.68. The summed E-state index contributed by atoms with van der Waals surface area (Å²) in [6, 6.07) is 14.6. The summed E-state index contributed by atoms with van der Waals surface area (Å²) in [5.74, 6) is 1.33. The number of carbonyl (C=O) groups is 1. The standard InChI is InChI=1S/C25H24N2O4S/c1-4-30-19-10-6-17(7-11-19)21(28)14-27-15-26-24-23(25(27)29)22(16(3)32-24)18-8-12-20(13-9-18)31-5-2/h6-13,15H,4-5,14H2,1-3H3. The van der Waals surface area contributed by atoms with Gasteiger partial charge in [0.25, 0.3) is 5.56 Å². The molecule has 2 aromatic carbocycles. The SMILES string of the molecule is CCOc1ccc(C(=O)Cn2cnc3sc(C)c(-c4ccc(OCC)cc4)c3c2=O)cc1. The third-order valence-corrected chi connectivity index (χ3v) is 6.12. The molecule has 0 bridgehead atoms. The van der Waals surface area contributed by atoms with Crippen LogP contribution in [0.2, 0.25) is 0 Å². The lowest BCUT2D eigenvalue weighted by atomic mass is 10.0. The largest absolute Gasteiger partial charge is 0.494 e. The lowest BCUT2D eigenvalue weighted by Gasteiger charge is -2.08. The highest BCUT2D eigenvalue weighted by molar-refractivity contribution is 7.19. The number of hydrogen-bond donors (Lipinski definition) is 0. The van der Waals surface area contributed by atoms with E-state index in [0.717, 1.165) is 21.8 Å². The molecular weight excluding hydrogens is 424 g/mol. The Morgan fingerprint density at radius 3 is 2.16 bits per heavy atom. The summed E-state index contributed by atoms with van der Waals surface area (Å²) in [7, 11) is 0. The second kappa shape index (κ2) is 9.36. The molecule has 4 rings (SSSR count). The number of Topliss-reactive ketones (excluding diaryl/α,β-unsaturated/α-hetero) is 1. The van der Waals surface area contributed by atoms with Gasteiger partial charge in [0, 0.05) is 16.0 Å². The van der Waals surface area contributed by atoms with Gasteiger partial charge in [0.15, 0.2) is 5.78 Å². The van der Waals surface area contributed by atoms with E-state index >= 15 is 0 Å². The molecule has 32 heavy (non-hydrogen) atoms. The van der Waals surface area contributed by atoms with Crippen molar-refractivity contribution in [1.29, 1.82) is 0 Å². The van der Waals surface area contributed by atoms with Gasteiger partial charge >= 0.3 is 0 Å². The van der Waals surface area contributed by atoms with Crippen LogP contribution in [0.5, 0.6) is 11.5 Å². The minimum absolute atomic E-state index is 0.0760. The van der Waals surface area contributed by atoms with Crippen LogP contribution in [0.1, 0.15) is 29.1 Å². The molecule has 6 nitrogen and oxygen atoms in total. The van der Waals surface area contributed by atoms with Crippen molar-refractivity contribution >= 4 is 27.3 Å². The van der Waals surface area contributed by atoms with E-state index in [1.54, 1.807) is 24.3 Å². The highest BCUT2D eigenvalue weighted by Crippen LogP contribution is 2.36. The molecule has 0 aliphatic rings. The first-order chi connectivity index (χ1) is 15.5. The first-order valence-corrected chi connectivity index (χ1v) is 11.3. The average molecular weight is 449 g/mol. The van der Waals surface area contributed by atoms with E-state index < -0.39 is 0 Å². The van der Waals surface area contributed by atoms with Crippen molar-refractivity contribution in [3.05, 3.63) is 75.7 Å². The zero-order valence-electron chi connectivity index (χ0n) is 18.3. The van der Waals surface area contributed by atoms with E-state index in [1.807, 2.05) is 45.0 Å². The van der Waals surface area contributed by atoms with Crippen molar-refractivity contribution in [2.45, 2.75) is 27.3 Å². The Hall–Kier alpha value is -3.45. The van der Waals surface area contributed by atoms with Crippen molar-refractivity contribution in [3.8, 4) is 22.6 Å². The highest BCUT2D eigenvalue weighted by atomic mass is 32.1. The first kappa shape index (κ1) is 21.8. The topological polar surface area (TPSA) is 70.4 Å². The number of aryl methyl sites for hydroxylation is 1. The fraction of sp³-hybridized carbons (Fsp3) is 0.240. The van der Waals surface area contributed by atoms with Crippen LogP contribution >= 0.6 is 11.3 Å². The van der Waals surface area contributed by atoms with E-state index in [4.69, 9.17) is 9.47 Å². The smallest absolute Gasteiger partial charge is 0.263 e. The third kappa shape index (κ3) is 4.29. The van der Waals surface area contributed by atoms with Crippen LogP contribution in [-0.2, 0) is 6.54 Å². The summed E-state index contributed by atoms with van der Waals surface area (Å²) < 4.78 is 12.3. The van der Waals surface area contributed by atoms with Crippen LogP contribution in [0.15, 0.2) is 59.7 Å². The molecule has 0 atom stereocenters. The fourth-order valence-electron chi connectivity index (χ4n) is 3.63. The van der Waals surface area contributed by atoms with Crippen LogP contribution in [0, 0.1) is 6.92 Å². The number of carbonyl (C=O) groups excluding carboxylic acids is 1. The molecule has 0 spiro atoms. The van der Waals surface area contributed by atoms with Gasteiger partial charge in [-0.15, -0.1) is 11.3 Å². The normalized spacial score (nSPS) is 11.0. The Labute approximate surface area is 190 Å². The van der Waals surface area contributed by atoms with E-state index in [2.05, 4.69) is 4.98 Å². The van der Waals surface area contributed by atoms with Crippen LogP contribution in [0.3, 0.4) is 0 Å². The van der Waals surface area contributed by atoms with Gasteiger partial charge in [0.05, 0.1) is 31.5 Å². The molecule has 2 aromatic heterocycles. The van der Waals surface area contributed by atoms with Crippen molar-refractivity contribution in [1.82, 2.24) is 9.55 Å². The first-order valence-electron chi connectivity index (χ1n) is 10.5. The summed E-state index contributed by atoms with van der Waals surface area (Å²) in [5, 5.41) is 0.540. The minimum atomic E-state index is -0.220. The fourth-order valence-corrected chi connectivity index (χ4v) is 4.64. The average Bonchev–Trinajstić information content (AvgIpc) is 3.14. The monoisotopic (exact) mass is 448 g/mol. The van der Waals surface area contributed by atoms with E-state index in [1.165, 1.54) is 22.2 Å². The molecular formula is C25H24N2O4S. The number of thiophene rings is 1. The zero-order valence-corrected chi connectivity index (χ0v) is 19.1. The second-order valence-corrected chi connectivity index (χ2v) is 8.43. The molecule has 0 aliphatic heterocycles. The van der Waals surface area contributed by atoms with Gasteiger partial charge in [-0.2, -0.15) is 0 Å². The highest BCUT2D eigenvalue weighted by Gasteiger charge is 2.18. The van der Waals surface area contributed by atoms with Gasteiger partial charge in [-0.25, -0.2) is 4.98 Å². The summed E-state index contributed by atoms with van der Waals surface area (Å²) in [4.78, 5) is 32.3. The van der Waals surface area contributed by atoms with Crippen LogP contribution in [0.25, 0.3) is 21.3 Å². The molecule has 0 amide bonds. The van der Waals surface area contributed by atoms with Gasteiger partial charge in [0.2, 0.25) is 0 Å². The van der Waals surface area contributed by atoms with E-state index in [-0.39, 0.29) is 17.9 Å². The summed E-state index contributed by atoms with van der Waals surface area (Å²) in [5.41, 5.74) is 2.08. The number of rotatable bonds is 8. The number of benzene rings is 2. The summed E-state index contributed by atoms with van der Waals surface area (Å²) in [6.07, 6.45) is 1.45. The number of hydrogen-bond acceptors (Lipinski definition) is 6. The van der Waals surface area contributed by atoms with Gasteiger partial charge in [-0.1, -0.05) is 12.1 Å². The quantitative estimate of drug-likeness (QED) is 0.350. The predicted molar refractivity (Wildman–Crippen MR) is 127 cm³/mol. The van der Waals surface area contributed by atoms with Crippen molar-refractivity contribution in [3.63, 3.8) is 0 Å². The number of aromatic nitrogens is 2. The molecule has 4 aromatic rings. The minimum Gasteiger partial charge on any atom is -0.494 e. The van der Waals surface area contributed by atoms with Crippen LogP contribution < -0.4 is 15.0 Å². The van der Waals surface area contributed by atoms with E-state index in [9.17, 15) is 9.59 Å². The zero-order chi connectivity index (χ0) is 22.7. The van der Waals surface area contributed by atoms with E-state index in [0.29, 0.717) is 34.7 Å². The molecule has 164 valence electrons. The Bertz CT molecular complexity index is 1310. The molecule has 0 aliphatic carbocycles. The Morgan fingerprint density at radius 2 is 1.56 bits per heavy atom. The maximum Gasteiger partial charge on any atom is 0.263 e. The molecule has 2 heterocycles. The molecule has 0 radical (unpaired) electrons. The number of nitrogens with zero attached hydrogens (tertiary/aromatic N) is 2. The van der Waals surface area contributed by atoms with Gasteiger partial charge in [-0.05, 0) is 62.7 Å². The maximum atomic E-state index is 13.3. The number of ether oxygens (including phenoxy) is 2. The van der Waals surface area contributed by atoms with Crippen molar-refractivity contribution in [2.24, 2.45) is 0 Å². The molecule has 0 saturated heterocycles. The van der Waals surface area contributed by atoms with Gasteiger partial charge in [-0.3, -0.25) is 14.2 Å². The third-order valence-electron chi connectivity index (χ3n) is 5.11. The number of ketones is 1.